The number of sulfonamides is 1. The minimum absolute atomic E-state index is 0.0430. The molecule has 0 unspecified atom stereocenters. The number of phenolic OH excluding ortho intramolecular Hbond substituents is 1. The van der Waals surface area contributed by atoms with Crippen LogP contribution in [0.3, 0.4) is 0 Å². The van der Waals surface area contributed by atoms with Crippen LogP contribution in [-0.4, -0.2) is 19.4 Å². The van der Waals surface area contributed by atoms with Crippen LogP contribution in [0.2, 0.25) is 0 Å². The highest BCUT2D eigenvalue weighted by molar-refractivity contribution is 7.92. The van der Waals surface area contributed by atoms with Crippen molar-refractivity contribution in [1.82, 2.24) is 0 Å². The van der Waals surface area contributed by atoms with Gasteiger partial charge in [0.2, 0.25) is 6.54 Å². The summed E-state index contributed by atoms with van der Waals surface area (Å²) in [7, 11) is -3.92. The first-order valence-electron chi connectivity index (χ1n) is 8.09. The quantitative estimate of drug-likeness (QED) is 0.448. The zero-order valence-corrected chi connectivity index (χ0v) is 15.1. The van der Waals surface area contributed by atoms with E-state index in [0.717, 1.165) is 0 Å². The average molecular weight is 384 g/mol. The molecule has 1 heterocycles. The van der Waals surface area contributed by atoms with Gasteiger partial charge < -0.3 is 10.4 Å². The Morgan fingerprint density at radius 3 is 2.30 bits per heavy atom. The van der Waals surface area contributed by atoms with Gasteiger partial charge in [0, 0.05) is 12.1 Å². The summed E-state index contributed by atoms with van der Waals surface area (Å²) in [5.74, 6) is -0.656. The second kappa shape index (κ2) is 7.88. The van der Waals surface area contributed by atoms with Crippen LogP contribution in [0.5, 0.6) is 5.75 Å². The fourth-order valence-corrected chi connectivity index (χ4v) is 3.56. The molecule has 0 aliphatic rings. The van der Waals surface area contributed by atoms with Crippen molar-refractivity contribution in [2.45, 2.75) is 11.4 Å². The number of nitrogens with zero attached hydrogens (tertiary/aromatic N) is 1. The van der Waals surface area contributed by atoms with Gasteiger partial charge in [0.25, 0.3) is 15.9 Å². The van der Waals surface area contributed by atoms with E-state index >= 15 is 0 Å². The summed E-state index contributed by atoms with van der Waals surface area (Å²) in [6.45, 7) is 0.0430. The Morgan fingerprint density at radius 2 is 1.59 bits per heavy atom. The first-order chi connectivity index (χ1) is 13.0. The largest absolute Gasteiger partial charge is 0.506 e. The lowest BCUT2D eigenvalue weighted by atomic mass is 10.2. The molecule has 3 N–H and O–H groups in total. The van der Waals surface area contributed by atoms with Crippen molar-refractivity contribution in [3.8, 4) is 5.75 Å². The predicted octanol–water partition coefficient (Wildman–Crippen LogP) is 2.12. The maximum Gasteiger partial charge on any atom is 0.290 e. The first-order valence-corrected chi connectivity index (χ1v) is 9.58. The number of hydrogen-bond acceptors (Lipinski definition) is 4. The van der Waals surface area contributed by atoms with Gasteiger partial charge in [-0.2, -0.15) is 4.57 Å². The summed E-state index contributed by atoms with van der Waals surface area (Å²) in [5, 5.41) is 12.7. The van der Waals surface area contributed by atoms with Gasteiger partial charge in [-0.15, -0.1) is 0 Å². The molecule has 0 saturated heterocycles. The zero-order valence-electron chi connectivity index (χ0n) is 14.2. The van der Waals surface area contributed by atoms with Gasteiger partial charge in [0.1, 0.15) is 11.4 Å². The maximum absolute atomic E-state index is 12.5. The topological polar surface area (TPSA) is 99.4 Å². The molecule has 0 bridgehead atoms. The van der Waals surface area contributed by atoms with Crippen molar-refractivity contribution in [2.75, 3.05) is 10.0 Å². The number of pyridine rings is 1. The molecule has 0 fully saturated rings. The molecular weight excluding hydrogens is 366 g/mol. The van der Waals surface area contributed by atoms with Gasteiger partial charge in [-0.25, -0.2) is 8.42 Å². The Kier molecular flexibility index (Phi) is 5.37. The number of anilines is 2. The molecule has 0 aliphatic carbocycles. The molecule has 1 aromatic heterocycles. The molecule has 27 heavy (non-hydrogen) atoms. The van der Waals surface area contributed by atoms with Crippen molar-refractivity contribution in [2.24, 2.45) is 0 Å². The highest BCUT2D eigenvalue weighted by Crippen LogP contribution is 2.33. The van der Waals surface area contributed by atoms with Gasteiger partial charge >= 0.3 is 0 Å². The molecule has 0 aliphatic heterocycles. The van der Waals surface area contributed by atoms with Crippen LogP contribution in [0.4, 0.5) is 11.4 Å². The van der Waals surface area contributed by atoms with Crippen LogP contribution in [0.25, 0.3) is 0 Å². The van der Waals surface area contributed by atoms with Gasteiger partial charge in [-0.05, 0) is 24.3 Å². The molecule has 0 atom stereocenters. The molecule has 138 valence electrons. The minimum atomic E-state index is -3.92. The molecule has 0 spiro atoms. The Labute approximate surface area is 157 Å². The summed E-state index contributed by atoms with van der Waals surface area (Å²) < 4.78 is 29.1. The Morgan fingerprint density at radius 1 is 0.926 bits per heavy atom. The number of benzene rings is 2. The summed E-state index contributed by atoms with van der Waals surface area (Å²) in [4.78, 5) is 12.3. The van der Waals surface area contributed by atoms with E-state index in [9.17, 15) is 18.3 Å². The number of aromatic hydroxyl groups is 1. The maximum atomic E-state index is 12.5. The lowest BCUT2D eigenvalue weighted by molar-refractivity contribution is -0.684. The van der Waals surface area contributed by atoms with E-state index in [1.54, 1.807) is 47.3 Å². The SMILES string of the molecule is O=C(C[n+]1ccccc1)Nc1cccc(O)c1NS(=O)(=O)c1ccccc1. The van der Waals surface area contributed by atoms with E-state index in [1.165, 1.54) is 30.3 Å². The molecule has 3 aromatic rings. The lowest BCUT2D eigenvalue weighted by Crippen LogP contribution is -2.39. The third kappa shape index (κ3) is 4.62. The molecule has 1 amide bonds. The standard InChI is InChI=1S/C19H17N3O4S/c23-17-11-7-10-16(20-18(24)14-22-12-5-2-6-13-22)19(17)21-27(25,26)15-8-3-1-4-9-15/h1-13,21H,14H2,(H-,20,23,24)/p+1. The van der Waals surface area contributed by atoms with E-state index in [2.05, 4.69) is 10.0 Å². The van der Waals surface area contributed by atoms with Crippen LogP contribution in [0.15, 0.2) is 84.0 Å². The third-order valence-electron chi connectivity index (χ3n) is 3.71. The Bertz CT molecular complexity index is 1040. The van der Waals surface area contributed by atoms with E-state index in [0.29, 0.717) is 0 Å². The number of nitrogens with one attached hydrogen (secondary N) is 2. The van der Waals surface area contributed by atoms with E-state index < -0.39 is 10.0 Å². The van der Waals surface area contributed by atoms with Gasteiger partial charge in [0.05, 0.1) is 10.6 Å². The number of para-hydroxylation sites is 1. The smallest absolute Gasteiger partial charge is 0.290 e. The highest BCUT2D eigenvalue weighted by atomic mass is 32.2. The molecule has 0 radical (unpaired) electrons. The normalized spacial score (nSPS) is 11.0. The van der Waals surface area contributed by atoms with E-state index in [-0.39, 0.29) is 34.5 Å². The predicted molar refractivity (Wildman–Crippen MR) is 101 cm³/mol. The van der Waals surface area contributed by atoms with Crippen molar-refractivity contribution in [3.05, 3.63) is 79.1 Å². The minimum Gasteiger partial charge on any atom is -0.506 e. The number of aromatic nitrogens is 1. The highest BCUT2D eigenvalue weighted by Gasteiger charge is 2.20. The summed E-state index contributed by atoms with van der Waals surface area (Å²) in [6.07, 6.45) is 3.47. The fraction of sp³-hybridized carbons (Fsp3) is 0.0526. The summed E-state index contributed by atoms with van der Waals surface area (Å²) in [5.41, 5.74) is 0.0730. The lowest BCUT2D eigenvalue weighted by Gasteiger charge is -2.14. The number of carbonyl (C=O) groups excluding carboxylic acids is 1. The third-order valence-corrected chi connectivity index (χ3v) is 5.08. The second-order valence-electron chi connectivity index (χ2n) is 5.71. The molecular formula is C19H18N3O4S+. The van der Waals surface area contributed by atoms with E-state index in [4.69, 9.17) is 0 Å². The second-order valence-corrected chi connectivity index (χ2v) is 7.40. The van der Waals surface area contributed by atoms with E-state index in [1.807, 2.05) is 6.07 Å². The number of carbonyl (C=O) groups is 1. The van der Waals surface area contributed by atoms with Crippen LogP contribution < -0.4 is 14.6 Å². The van der Waals surface area contributed by atoms with Crippen LogP contribution in [-0.2, 0) is 21.4 Å². The Balaban J connectivity index is 1.84. The van der Waals surface area contributed by atoms with Crippen LogP contribution in [0, 0.1) is 0 Å². The fourth-order valence-electron chi connectivity index (χ4n) is 2.44. The van der Waals surface area contributed by atoms with Crippen molar-refractivity contribution < 1.29 is 22.9 Å². The summed E-state index contributed by atoms with van der Waals surface area (Å²) >= 11 is 0. The summed E-state index contributed by atoms with van der Waals surface area (Å²) in [6, 6.07) is 17.5. The molecule has 3 rings (SSSR count). The molecule has 2 aromatic carbocycles. The zero-order chi connectivity index (χ0) is 19.3. The van der Waals surface area contributed by atoms with Gasteiger partial charge in [-0.1, -0.05) is 30.3 Å². The van der Waals surface area contributed by atoms with Gasteiger partial charge in [0.15, 0.2) is 12.4 Å². The number of rotatable bonds is 6. The monoisotopic (exact) mass is 384 g/mol. The average Bonchev–Trinajstić information content (AvgIpc) is 2.66. The number of phenols is 1. The van der Waals surface area contributed by atoms with Crippen LogP contribution in [0.1, 0.15) is 0 Å². The number of hydrogen-bond donors (Lipinski definition) is 3. The van der Waals surface area contributed by atoms with Crippen LogP contribution >= 0.6 is 0 Å². The number of amides is 1. The molecule has 8 heteroatoms. The molecule has 7 nitrogen and oxygen atoms in total. The van der Waals surface area contributed by atoms with Gasteiger partial charge in [-0.3, -0.25) is 9.52 Å². The van der Waals surface area contributed by atoms with Crippen molar-refractivity contribution >= 4 is 27.3 Å². The first kappa shape index (κ1) is 18.4. The Hall–Kier alpha value is -3.39. The van der Waals surface area contributed by atoms with Crippen molar-refractivity contribution in [1.29, 1.82) is 0 Å². The van der Waals surface area contributed by atoms with Crippen molar-refractivity contribution in [3.63, 3.8) is 0 Å². The molecule has 0 saturated carbocycles.